The molecule has 0 aromatic carbocycles. The number of H-pyrrole nitrogens is 1. The van der Waals surface area contributed by atoms with Crippen molar-refractivity contribution in [1.82, 2.24) is 20.5 Å². The predicted octanol–water partition coefficient (Wildman–Crippen LogP) is 3.17. The van der Waals surface area contributed by atoms with Crippen LogP contribution in [0.1, 0.15) is 71.0 Å². The number of hydrogen-bond donors (Lipinski definition) is 2. The van der Waals surface area contributed by atoms with E-state index in [0.717, 1.165) is 5.57 Å². The Hall–Kier alpha value is -1.91. The molecule has 1 aromatic heterocycles. The number of ether oxygens (including phenoxy) is 1. The number of carbonyl (C=O) groups is 1. The first-order valence-corrected chi connectivity index (χ1v) is 7.94. The van der Waals surface area contributed by atoms with Crippen molar-refractivity contribution >= 4 is 5.97 Å². The number of rotatable bonds is 7. The molecule has 1 heterocycles. The van der Waals surface area contributed by atoms with Crippen LogP contribution in [0, 0.1) is 5.41 Å². The van der Waals surface area contributed by atoms with Crippen molar-refractivity contribution in [1.29, 1.82) is 0 Å². The van der Waals surface area contributed by atoms with Crippen molar-refractivity contribution in [3.63, 3.8) is 0 Å². The van der Waals surface area contributed by atoms with Gasteiger partial charge in [0.1, 0.15) is 5.82 Å². The minimum absolute atomic E-state index is 0.0619. The molecule has 0 amide bonds. The molecule has 2 unspecified atom stereocenters. The zero-order valence-corrected chi connectivity index (χ0v) is 15.2. The van der Waals surface area contributed by atoms with Gasteiger partial charge in [-0.1, -0.05) is 13.8 Å². The fourth-order valence-corrected chi connectivity index (χ4v) is 1.88. The summed E-state index contributed by atoms with van der Waals surface area (Å²) >= 11 is 0. The third-order valence-electron chi connectivity index (χ3n) is 3.72. The molecule has 0 aliphatic heterocycles. The highest BCUT2D eigenvalue weighted by molar-refractivity contribution is 5.84. The molecular weight excluding hydrogens is 292 g/mol. The number of esters is 1. The Bertz CT molecular complexity index is 593. The lowest BCUT2D eigenvalue weighted by Crippen LogP contribution is -2.40. The monoisotopic (exact) mass is 320 g/mol. The van der Waals surface area contributed by atoms with E-state index in [9.17, 15) is 4.79 Å². The highest BCUT2D eigenvalue weighted by Crippen LogP contribution is 2.24. The molecular formula is C17H28N4O2. The summed E-state index contributed by atoms with van der Waals surface area (Å²) in [6.45, 7) is 14.5. The second-order valence-electron chi connectivity index (χ2n) is 6.48. The van der Waals surface area contributed by atoms with E-state index in [1.165, 1.54) is 0 Å². The normalized spacial score (nSPS) is 13.9. The molecule has 23 heavy (non-hydrogen) atoms. The van der Waals surface area contributed by atoms with Crippen LogP contribution in [0.4, 0.5) is 0 Å². The molecule has 0 bridgehead atoms. The van der Waals surface area contributed by atoms with Crippen LogP contribution in [0.15, 0.2) is 17.4 Å². The Kier molecular flexibility index (Phi) is 6.73. The minimum atomic E-state index is -0.512. The molecule has 0 aliphatic rings. The van der Waals surface area contributed by atoms with E-state index in [0.29, 0.717) is 12.4 Å². The third kappa shape index (κ3) is 5.66. The number of aromatic amines is 1. The molecule has 2 atom stereocenters. The van der Waals surface area contributed by atoms with Crippen LogP contribution in [0.2, 0.25) is 0 Å². The lowest BCUT2D eigenvalue weighted by atomic mass is 9.85. The van der Waals surface area contributed by atoms with Gasteiger partial charge in [-0.3, -0.25) is 5.10 Å². The Balaban J connectivity index is 2.77. The Morgan fingerprint density at radius 2 is 2.09 bits per heavy atom. The van der Waals surface area contributed by atoms with Crippen molar-refractivity contribution < 1.29 is 9.53 Å². The second-order valence-corrected chi connectivity index (χ2v) is 6.48. The van der Waals surface area contributed by atoms with Gasteiger partial charge in [-0.25, -0.2) is 9.78 Å². The Morgan fingerprint density at radius 3 is 2.65 bits per heavy atom. The maximum absolute atomic E-state index is 11.6. The summed E-state index contributed by atoms with van der Waals surface area (Å²) in [6, 6.07) is 0.112. The summed E-state index contributed by atoms with van der Waals surface area (Å²) < 4.78 is 4.89. The van der Waals surface area contributed by atoms with E-state index >= 15 is 0 Å². The van der Waals surface area contributed by atoms with Crippen LogP contribution in [-0.2, 0) is 4.74 Å². The highest BCUT2D eigenvalue weighted by atomic mass is 16.5. The number of nitrogens with zero attached hydrogens (tertiary/aromatic N) is 2. The zero-order valence-electron chi connectivity index (χ0n) is 15.2. The quantitative estimate of drug-likeness (QED) is 0.596. The first kappa shape index (κ1) is 19.1. The topological polar surface area (TPSA) is 79.9 Å². The van der Waals surface area contributed by atoms with E-state index in [2.05, 4.69) is 53.1 Å². The van der Waals surface area contributed by atoms with Gasteiger partial charge in [0.15, 0.2) is 0 Å². The van der Waals surface area contributed by atoms with Gasteiger partial charge in [-0.15, -0.1) is 10.8 Å². The Morgan fingerprint density at radius 1 is 1.43 bits per heavy atom. The third-order valence-corrected chi connectivity index (χ3v) is 3.72. The predicted molar refractivity (Wildman–Crippen MR) is 90.1 cm³/mol. The van der Waals surface area contributed by atoms with E-state index in [1.54, 1.807) is 6.92 Å². The fraction of sp³-hybridized carbons (Fsp3) is 0.647. The van der Waals surface area contributed by atoms with Gasteiger partial charge in [-0.05, 0) is 46.3 Å². The van der Waals surface area contributed by atoms with Crippen LogP contribution in [0.25, 0.3) is 0 Å². The van der Waals surface area contributed by atoms with Crippen LogP contribution in [-0.4, -0.2) is 33.8 Å². The average Bonchev–Trinajstić information content (AvgIpc) is 2.95. The molecule has 1 rings (SSSR count). The molecule has 0 saturated carbocycles. The van der Waals surface area contributed by atoms with Crippen molar-refractivity contribution in [3.8, 4) is 0 Å². The van der Waals surface area contributed by atoms with Gasteiger partial charge in [0.05, 0.1) is 12.6 Å². The van der Waals surface area contributed by atoms with Gasteiger partial charge in [-0.2, -0.15) is 0 Å². The summed E-state index contributed by atoms with van der Waals surface area (Å²) in [5, 5.41) is 10.2. The van der Waals surface area contributed by atoms with Gasteiger partial charge in [0, 0.05) is 11.5 Å². The number of nitrogens with one attached hydrogen (secondary N) is 2. The summed E-state index contributed by atoms with van der Waals surface area (Å²) in [5.41, 5.74) is 4.34. The van der Waals surface area contributed by atoms with Gasteiger partial charge in [0.2, 0.25) is 0 Å². The van der Waals surface area contributed by atoms with Gasteiger partial charge in [0.25, 0.3) is 5.82 Å². The summed E-state index contributed by atoms with van der Waals surface area (Å²) in [4.78, 5) is 15.8. The van der Waals surface area contributed by atoms with Gasteiger partial charge >= 0.3 is 5.97 Å². The zero-order chi connectivity index (χ0) is 17.6. The van der Waals surface area contributed by atoms with Crippen molar-refractivity contribution in [3.05, 3.63) is 29.0 Å². The lowest BCUT2D eigenvalue weighted by molar-refractivity contribution is 0.0512. The molecule has 1 aromatic rings. The lowest BCUT2D eigenvalue weighted by Gasteiger charge is -2.31. The molecule has 6 heteroatoms. The fourth-order valence-electron chi connectivity index (χ4n) is 1.88. The molecule has 0 saturated heterocycles. The molecule has 128 valence electrons. The number of carbonyl (C=O) groups excluding carboxylic acids is 1. The summed E-state index contributed by atoms with van der Waals surface area (Å²) in [7, 11) is 0. The summed E-state index contributed by atoms with van der Waals surface area (Å²) in [6.07, 6.45) is 2.08. The maximum atomic E-state index is 11.6. The first-order valence-electron chi connectivity index (χ1n) is 7.94. The standard InChI is InChI=1S/C17H28N4O2/c1-8-23-16(22)15-19-14(20-21-15)12(4)18-13(5)17(6,7)10-9-11(2)3/h10,12-13,18H,8H2,1-7H3,(H,19,20,21). The number of hydrogen-bond acceptors (Lipinski definition) is 5. The second kappa shape index (κ2) is 8.09. The van der Waals surface area contributed by atoms with Crippen LogP contribution < -0.4 is 5.32 Å². The van der Waals surface area contributed by atoms with E-state index < -0.39 is 5.97 Å². The van der Waals surface area contributed by atoms with Gasteiger partial charge < -0.3 is 10.1 Å². The van der Waals surface area contributed by atoms with E-state index in [4.69, 9.17) is 4.74 Å². The molecule has 0 radical (unpaired) electrons. The average molecular weight is 320 g/mol. The molecule has 0 spiro atoms. The highest BCUT2D eigenvalue weighted by Gasteiger charge is 2.26. The molecule has 0 fully saturated rings. The smallest absolute Gasteiger partial charge is 0.378 e. The number of aromatic nitrogens is 3. The largest absolute Gasteiger partial charge is 0.460 e. The van der Waals surface area contributed by atoms with Crippen molar-refractivity contribution in [2.45, 2.75) is 60.5 Å². The first-order chi connectivity index (χ1) is 10.7. The Labute approximate surface area is 138 Å². The maximum Gasteiger partial charge on any atom is 0.378 e. The molecule has 6 nitrogen and oxygen atoms in total. The molecule has 0 aliphatic carbocycles. The SMILES string of the molecule is CCOC(=O)c1n[nH]c(C(C)NC(C)C(C)(C)C=C=C(C)C)n1. The minimum Gasteiger partial charge on any atom is -0.460 e. The van der Waals surface area contributed by atoms with E-state index in [1.807, 2.05) is 20.8 Å². The van der Waals surface area contributed by atoms with Crippen LogP contribution in [0.5, 0.6) is 0 Å². The van der Waals surface area contributed by atoms with Crippen molar-refractivity contribution in [2.75, 3.05) is 6.61 Å². The summed E-state index contributed by atoms with van der Waals surface area (Å²) in [5.74, 6) is 0.163. The van der Waals surface area contributed by atoms with Crippen LogP contribution >= 0.6 is 0 Å². The molecule has 2 N–H and O–H groups in total. The van der Waals surface area contributed by atoms with E-state index in [-0.39, 0.29) is 23.3 Å². The van der Waals surface area contributed by atoms with Crippen molar-refractivity contribution in [2.24, 2.45) is 5.41 Å². The van der Waals surface area contributed by atoms with Crippen LogP contribution in [0.3, 0.4) is 0 Å².